The van der Waals surface area contributed by atoms with Gasteiger partial charge in [0.15, 0.2) is 12.4 Å². The predicted molar refractivity (Wildman–Crippen MR) is 104 cm³/mol. The maximum Gasteiger partial charge on any atom is 0.339 e. The topological polar surface area (TPSA) is 90.7 Å². The van der Waals surface area contributed by atoms with Crippen molar-refractivity contribution in [1.82, 2.24) is 10.3 Å². The Morgan fingerprint density at radius 1 is 1.18 bits per heavy atom. The second kappa shape index (κ2) is 9.14. The van der Waals surface area contributed by atoms with E-state index in [1.807, 2.05) is 31.2 Å². The van der Waals surface area contributed by atoms with Crippen molar-refractivity contribution in [3.8, 4) is 11.5 Å². The number of furan rings is 1. The molecule has 0 aliphatic heterocycles. The number of nitrogens with zero attached hydrogens (tertiary/aromatic N) is 1. The zero-order valence-corrected chi connectivity index (χ0v) is 15.9. The van der Waals surface area contributed by atoms with Crippen LogP contribution in [0.1, 0.15) is 22.5 Å². The molecule has 0 bridgehead atoms. The number of carbonyl (C=O) groups is 2. The van der Waals surface area contributed by atoms with E-state index in [9.17, 15) is 9.59 Å². The minimum atomic E-state index is -0.588. The van der Waals surface area contributed by atoms with Crippen molar-refractivity contribution in [3.63, 3.8) is 0 Å². The van der Waals surface area contributed by atoms with Crippen molar-refractivity contribution in [1.29, 1.82) is 0 Å². The molecule has 0 saturated heterocycles. The summed E-state index contributed by atoms with van der Waals surface area (Å²) in [5.41, 5.74) is 1.51. The molecule has 1 amide bonds. The van der Waals surface area contributed by atoms with Crippen LogP contribution in [0.25, 0.3) is 22.4 Å². The summed E-state index contributed by atoms with van der Waals surface area (Å²) >= 11 is 0. The lowest BCUT2D eigenvalue weighted by atomic mass is 10.1. The predicted octanol–water partition coefficient (Wildman–Crippen LogP) is 3.11. The average molecular weight is 382 g/mol. The number of hydrogen-bond donors (Lipinski definition) is 1. The number of aromatic nitrogens is 1. The number of nitrogens with one attached hydrogen (secondary N) is 1. The molecule has 1 N–H and O–H groups in total. The fourth-order valence-corrected chi connectivity index (χ4v) is 2.75. The van der Waals surface area contributed by atoms with Crippen LogP contribution in [-0.4, -0.2) is 43.7 Å². The number of carbonyl (C=O) groups excluding carboxylic acids is 2. The third kappa shape index (κ3) is 4.75. The van der Waals surface area contributed by atoms with Gasteiger partial charge in [-0.05, 0) is 37.6 Å². The number of ether oxygens (including phenoxy) is 2. The average Bonchev–Trinajstić information content (AvgIpc) is 3.15. The molecule has 0 aliphatic rings. The molecule has 28 heavy (non-hydrogen) atoms. The highest BCUT2D eigenvalue weighted by atomic mass is 16.5. The first-order valence-electron chi connectivity index (χ1n) is 8.98. The molecule has 0 unspecified atom stereocenters. The molecule has 2 aromatic heterocycles. The Labute approximate surface area is 162 Å². The monoisotopic (exact) mass is 382 g/mol. The SMILES string of the molecule is COCCCNC(=O)COC(=O)c1cc(-c2ccc(C)o2)nc2ccccc12. The number of rotatable bonds is 8. The van der Waals surface area contributed by atoms with E-state index in [1.165, 1.54) is 0 Å². The van der Waals surface area contributed by atoms with Crippen LogP contribution in [-0.2, 0) is 14.3 Å². The van der Waals surface area contributed by atoms with Crippen LogP contribution >= 0.6 is 0 Å². The van der Waals surface area contributed by atoms with Crippen molar-refractivity contribution in [2.24, 2.45) is 0 Å². The Morgan fingerprint density at radius 3 is 2.75 bits per heavy atom. The van der Waals surface area contributed by atoms with Crippen LogP contribution < -0.4 is 5.32 Å². The quantitative estimate of drug-likeness (QED) is 0.475. The minimum Gasteiger partial charge on any atom is -0.460 e. The molecular formula is C21H22N2O5. The first kappa shape index (κ1) is 19.6. The van der Waals surface area contributed by atoms with Gasteiger partial charge >= 0.3 is 5.97 Å². The summed E-state index contributed by atoms with van der Waals surface area (Å²) in [6, 6.07) is 12.5. The van der Waals surface area contributed by atoms with E-state index in [1.54, 1.807) is 25.3 Å². The molecule has 3 rings (SSSR count). The van der Waals surface area contributed by atoms with Crippen LogP contribution in [0.3, 0.4) is 0 Å². The molecule has 0 spiro atoms. The molecule has 2 heterocycles. The van der Waals surface area contributed by atoms with E-state index in [2.05, 4.69) is 10.3 Å². The van der Waals surface area contributed by atoms with Gasteiger partial charge in [0.05, 0.1) is 11.1 Å². The van der Waals surface area contributed by atoms with E-state index in [4.69, 9.17) is 13.9 Å². The van der Waals surface area contributed by atoms with E-state index in [0.29, 0.717) is 47.5 Å². The van der Waals surface area contributed by atoms with Gasteiger partial charge in [-0.15, -0.1) is 0 Å². The third-order valence-corrected chi connectivity index (χ3v) is 4.11. The number of aryl methyl sites for hydroxylation is 1. The first-order valence-corrected chi connectivity index (χ1v) is 8.98. The third-order valence-electron chi connectivity index (χ3n) is 4.11. The molecular weight excluding hydrogens is 360 g/mol. The van der Waals surface area contributed by atoms with Crippen molar-refractivity contribution in [2.45, 2.75) is 13.3 Å². The van der Waals surface area contributed by atoms with Gasteiger partial charge in [-0.2, -0.15) is 0 Å². The van der Waals surface area contributed by atoms with Crippen LogP contribution in [0.2, 0.25) is 0 Å². The normalized spacial score (nSPS) is 10.8. The zero-order chi connectivity index (χ0) is 19.9. The second-order valence-corrected chi connectivity index (χ2v) is 6.25. The van der Waals surface area contributed by atoms with Gasteiger partial charge in [0, 0.05) is 25.6 Å². The number of para-hydroxylation sites is 1. The van der Waals surface area contributed by atoms with Crippen LogP contribution in [0.5, 0.6) is 0 Å². The van der Waals surface area contributed by atoms with Gasteiger partial charge in [0.1, 0.15) is 11.5 Å². The highest BCUT2D eigenvalue weighted by Gasteiger charge is 2.17. The van der Waals surface area contributed by atoms with Crippen molar-refractivity contribution in [3.05, 3.63) is 53.8 Å². The number of hydrogen-bond acceptors (Lipinski definition) is 6. The summed E-state index contributed by atoms with van der Waals surface area (Å²) in [4.78, 5) is 29.1. The highest BCUT2D eigenvalue weighted by molar-refractivity contribution is 6.05. The Kier molecular flexibility index (Phi) is 6.39. The molecule has 0 aliphatic carbocycles. The molecule has 1 aromatic carbocycles. The van der Waals surface area contributed by atoms with Gasteiger partial charge in [-0.3, -0.25) is 4.79 Å². The summed E-state index contributed by atoms with van der Waals surface area (Å²) in [7, 11) is 1.60. The van der Waals surface area contributed by atoms with Gasteiger partial charge in [-0.1, -0.05) is 18.2 Å². The van der Waals surface area contributed by atoms with Crippen LogP contribution in [0.4, 0.5) is 0 Å². The number of pyridine rings is 1. The van der Waals surface area contributed by atoms with Gasteiger partial charge < -0.3 is 19.2 Å². The summed E-state index contributed by atoms with van der Waals surface area (Å²) in [6.45, 7) is 2.51. The van der Waals surface area contributed by atoms with Crippen molar-refractivity contribution in [2.75, 3.05) is 26.9 Å². The van der Waals surface area contributed by atoms with Crippen molar-refractivity contribution >= 4 is 22.8 Å². The molecule has 7 heteroatoms. The Balaban J connectivity index is 1.77. The summed E-state index contributed by atoms with van der Waals surface area (Å²) < 4.78 is 15.8. The van der Waals surface area contributed by atoms with Crippen LogP contribution in [0, 0.1) is 6.92 Å². The molecule has 0 fully saturated rings. The maximum absolute atomic E-state index is 12.6. The lowest BCUT2D eigenvalue weighted by molar-refractivity contribution is -0.124. The largest absolute Gasteiger partial charge is 0.460 e. The summed E-state index contributed by atoms with van der Waals surface area (Å²) in [5.74, 6) is 0.368. The summed E-state index contributed by atoms with van der Waals surface area (Å²) in [5, 5.41) is 3.33. The van der Waals surface area contributed by atoms with E-state index in [0.717, 1.165) is 5.76 Å². The second-order valence-electron chi connectivity index (χ2n) is 6.25. The molecule has 0 radical (unpaired) electrons. The number of fused-ring (bicyclic) bond motifs is 1. The Bertz CT molecular complexity index is 980. The Hall–Kier alpha value is -3.19. The Morgan fingerprint density at radius 2 is 2.00 bits per heavy atom. The molecule has 3 aromatic rings. The molecule has 7 nitrogen and oxygen atoms in total. The smallest absolute Gasteiger partial charge is 0.339 e. The van der Waals surface area contributed by atoms with E-state index >= 15 is 0 Å². The zero-order valence-electron chi connectivity index (χ0n) is 15.9. The summed E-state index contributed by atoms with van der Waals surface area (Å²) in [6.07, 6.45) is 0.692. The number of esters is 1. The molecule has 0 atom stereocenters. The number of benzene rings is 1. The lowest BCUT2D eigenvalue weighted by Gasteiger charge is -2.09. The highest BCUT2D eigenvalue weighted by Crippen LogP contribution is 2.26. The van der Waals surface area contributed by atoms with Gasteiger partial charge in [-0.25, -0.2) is 9.78 Å². The maximum atomic E-state index is 12.6. The standard InChI is InChI=1S/C21H22N2O5/c1-14-8-9-19(28-14)18-12-16(15-6-3-4-7-17(15)23-18)21(25)27-13-20(24)22-10-5-11-26-2/h3-4,6-9,12H,5,10-11,13H2,1-2H3,(H,22,24). The minimum absolute atomic E-state index is 0.335. The van der Waals surface area contributed by atoms with E-state index < -0.39 is 5.97 Å². The number of amides is 1. The fraction of sp³-hybridized carbons (Fsp3) is 0.286. The van der Waals surface area contributed by atoms with Crippen molar-refractivity contribution < 1.29 is 23.5 Å². The van der Waals surface area contributed by atoms with Crippen LogP contribution in [0.15, 0.2) is 46.9 Å². The van der Waals surface area contributed by atoms with E-state index in [-0.39, 0.29) is 12.5 Å². The van der Waals surface area contributed by atoms with Gasteiger partial charge in [0.25, 0.3) is 5.91 Å². The molecule has 146 valence electrons. The molecule has 0 saturated carbocycles. The first-order chi connectivity index (χ1) is 13.6. The van der Waals surface area contributed by atoms with Gasteiger partial charge in [0.2, 0.25) is 0 Å². The fourth-order valence-electron chi connectivity index (χ4n) is 2.75. The lowest BCUT2D eigenvalue weighted by Crippen LogP contribution is -2.30. The number of methoxy groups -OCH3 is 1.